The molecule has 0 bridgehead atoms. The monoisotopic (exact) mass is 281 g/mol. The first-order valence-corrected chi connectivity index (χ1v) is 7.59. The van der Waals surface area contributed by atoms with Crippen LogP contribution in [0.1, 0.15) is 52.9 Å². The van der Waals surface area contributed by atoms with E-state index in [1.54, 1.807) is 0 Å². The summed E-state index contributed by atoms with van der Waals surface area (Å²) in [4.78, 5) is 12.1. The molecule has 1 N–H and O–H groups in total. The van der Waals surface area contributed by atoms with Crippen molar-refractivity contribution < 1.29 is 4.79 Å². The van der Waals surface area contributed by atoms with E-state index in [2.05, 4.69) is 19.2 Å². The first kappa shape index (κ1) is 17.1. The maximum atomic E-state index is 12.1. The number of hydrogen-bond donors (Lipinski definition) is 1. The Bertz CT molecular complexity index is 209. The Morgan fingerprint density at radius 2 is 1.82 bits per heavy atom. The van der Waals surface area contributed by atoms with E-state index >= 15 is 0 Å². The molecule has 0 aromatic rings. The highest BCUT2D eigenvalue weighted by Crippen LogP contribution is 2.19. The second-order valence-corrected chi connectivity index (χ2v) is 5.17. The van der Waals surface area contributed by atoms with Crippen molar-refractivity contribution in [2.45, 2.75) is 58.4 Å². The zero-order valence-electron chi connectivity index (χ0n) is 11.2. The normalized spacial score (nSPS) is 13.5. The fourth-order valence-electron chi connectivity index (χ4n) is 1.71. The summed E-state index contributed by atoms with van der Waals surface area (Å²) in [6.07, 6.45) is 4.79. The van der Waals surface area contributed by atoms with Gasteiger partial charge in [0, 0.05) is 17.7 Å². The lowest BCUT2D eigenvalue weighted by molar-refractivity contribution is -0.127. The molecule has 0 aliphatic heterocycles. The van der Waals surface area contributed by atoms with Crippen molar-refractivity contribution in [1.29, 1.82) is 0 Å². The Kier molecular flexibility index (Phi) is 9.07. The summed E-state index contributed by atoms with van der Waals surface area (Å²) in [5.74, 6) is 0.919. The molecule has 0 rings (SSSR count). The van der Waals surface area contributed by atoms with Crippen LogP contribution in [0.5, 0.6) is 0 Å². The van der Waals surface area contributed by atoms with Crippen molar-refractivity contribution in [2.75, 3.05) is 11.8 Å². The van der Waals surface area contributed by atoms with Gasteiger partial charge in [0.2, 0.25) is 5.91 Å². The Morgan fingerprint density at radius 3 is 2.18 bits per heavy atom. The van der Waals surface area contributed by atoms with Crippen molar-refractivity contribution in [1.82, 2.24) is 5.32 Å². The van der Waals surface area contributed by atoms with E-state index in [1.807, 2.05) is 6.92 Å². The van der Waals surface area contributed by atoms with Gasteiger partial charge in [0.05, 0.1) is 5.54 Å². The standard InChI is InChI=1S/C13H25Cl2NO/c1-4-7-8-11(5-2)12(17)16-13(6-3,9-14)10-15/h11H,4-10H2,1-3H3,(H,16,17). The number of alkyl halides is 2. The second kappa shape index (κ2) is 9.04. The molecule has 0 spiro atoms. The highest BCUT2D eigenvalue weighted by molar-refractivity contribution is 6.22. The zero-order chi connectivity index (χ0) is 13.3. The van der Waals surface area contributed by atoms with Crippen molar-refractivity contribution in [3.63, 3.8) is 0 Å². The van der Waals surface area contributed by atoms with Gasteiger partial charge in [0.15, 0.2) is 0 Å². The van der Waals surface area contributed by atoms with Gasteiger partial charge in [-0.3, -0.25) is 4.79 Å². The molecule has 0 aromatic heterocycles. The second-order valence-electron chi connectivity index (χ2n) is 4.64. The molecule has 0 saturated heterocycles. The van der Waals surface area contributed by atoms with Crippen LogP contribution in [0.4, 0.5) is 0 Å². The van der Waals surface area contributed by atoms with Crippen LogP contribution in [-0.4, -0.2) is 23.2 Å². The van der Waals surface area contributed by atoms with Gasteiger partial charge in [-0.1, -0.05) is 33.6 Å². The lowest BCUT2D eigenvalue weighted by atomic mass is 9.95. The largest absolute Gasteiger partial charge is 0.348 e. The fraction of sp³-hybridized carbons (Fsp3) is 0.923. The Labute approximate surface area is 115 Å². The summed E-state index contributed by atoms with van der Waals surface area (Å²) >= 11 is 11.8. The van der Waals surface area contributed by atoms with Crippen LogP contribution in [0.25, 0.3) is 0 Å². The molecule has 2 nitrogen and oxygen atoms in total. The van der Waals surface area contributed by atoms with Crippen LogP contribution in [0.15, 0.2) is 0 Å². The maximum Gasteiger partial charge on any atom is 0.223 e. The molecular formula is C13H25Cl2NO. The molecule has 1 unspecified atom stereocenters. The van der Waals surface area contributed by atoms with Gasteiger partial charge in [-0.05, 0) is 19.3 Å². The molecule has 0 aliphatic carbocycles. The number of amides is 1. The van der Waals surface area contributed by atoms with Crippen molar-refractivity contribution in [3.05, 3.63) is 0 Å². The smallest absolute Gasteiger partial charge is 0.223 e. The predicted octanol–water partition coefficient (Wildman–Crippen LogP) is 3.95. The summed E-state index contributed by atoms with van der Waals surface area (Å²) in [5, 5.41) is 3.04. The number of halogens is 2. The number of carbonyl (C=O) groups excluding carboxylic acids is 1. The molecule has 0 heterocycles. The van der Waals surface area contributed by atoms with E-state index in [0.29, 0.717) is 11.8 Å². The fourth-order valence-corrected chi connectivity index (χ4v) is 2.51. The van der Waals surface area contributed by atoms with Gasteiger partial charge < -0.3 is 5.32 Å². The summed E-state index contributed by atoms with van der Waals surface area (Å²) in [6.45, 7) is 6.19. The first-order chi connectivity index (χ1) is 8.09. The topological polar surface area (TPSA) is 29.1 Å². The number of hydrogen-bond acceptors (Lipinski definition) is 1. The third-order valence-electron chi connectivity index (χ3n) is 3.35. The van der Waals surface area contributed by atoms with E-state index in [0.717, 1.165) is 32.1 Å². The SMILES string of the molecule is CCCCC(CC)C(=O)NC(CC)(CCl)CCl. The van der Waals surface area contributed by atoms with Crippen LogP contribution in [-0.2, 0) is 4.79 Å². The summed E-state index contributed by atoms with van der Waals surface area (Å²) in [5.41, 5.74) is -0.445. The minimum atomic E-state index is -0.445. The molecule has 17 heavy (non-hydrogen) atoms. The van der Waals surface area contributed by atoms with Crippen molar-refractivity contribution in [3.8, 4) is 0 Å². The lowest BCUT2D eigenvalue weighted by Crippen LogP contribution is -2.53. The average Bonchev–Trinajstić information content (AvgIpc) is 2.37. The van der Waals surface area contributed by atoms with Crippen LogP contribution in [0, 0.1) is 5.92 Å². The van der Waals surface area contributed by atoms with Crippen LogP contribution in [0.2, 0.25) is 0 Å². The first-order valence-electron chi connectivity index (χ1n) is 6.53. The number of rotatable bonds is 9. The minimum absolute atomic E-state index is 0.0901. The molecule has 1 atom stereocenters. The Balaban J connectivity index is 4.46. The van der Waals surface area contributed by atoms with Crippen LogP contribution < -0.4 is 5.32 Å². The average molecular weight is 282 g/mol. The summed E-state index contributed by atoms with van der Waals surface area (Å²) in [6, 6.07) is 0. The third kappa shape index (κ3) is 5.48. The zero-order valence-corrected chi connectivity index (χ0v) is 12.7. The Hall–Kier alpha value is 0.0500. The summed E-state index contributed by atoms with van der Waals surface area (Å²) in [7, 11) is 0. The van der Waals surface area contributed by atoms with Gasteiger partial charge >= 0.3 is 0 Å². The van der Waals surface area contributed by atoms with Crippen LogP contribution >= 0.6 is 23.2 Å². The molecule has 1 amide bonds. The number of carbonyl (C=O) groups is 1. The van der Waals surface area contributed by atoms with E-state index < -0.39 is 5.54 Å². The predicted molar refractivity (Wildman–Crippen MR) is 75.9 cm³/mol. The molecule has 0 aromatic carbocycles. The Morgan fingerprint density at radius 1 is 1.24 bits per heavy atom. The quantitative estimate of drug-likeness (QED) is 0.637. The van der Waals surface area contributed by atoms with Crippen LogP contribution in [0.3, 0.4) is 0 Å². The molecule has 0 radical (unpaired) electrons. The minimum Gasteiger partial charge on any atom is -0.348 e. The van der Waals surface area contributed by atoms with Gasteiger partial charge in [-0.2, -0.15) is 0 Å². The van der Waals surface area contributed by atoms with Gasteiger partial charge in [-0.15, -0.1) is 23.2 Å². The molecule has 102 valence electrons. The van der Waals surface area contributed by atoms with E-state index in [9.17, 15) is 4.79 Å². The number of unbranched alkanes of at least 4 members (excludes halogenated alkanes) is 1. The van der Waals surface area contributed by atoms with Gasteiger partial charge in [-0.25, -0.2) is 0 Å². The molecule has 4 heteroatoms. The van der Waals surface area contributed by atoms with Gasteiger partial charge in [0.25, 0.3) is 0 Å². The van der Waals surface area contributed by atoms with E-state index in [4.69, 9.17) is 23.2 Å². The van der Waals surface area contributed by atoms with Gasteiger partial charge in [0.1, 0.15) is 0 Å². The van der Waals surface area contributed by atoms with Crippen molar-refractivity contribution in [2.24, 2.45) is 5.92 Å². The van der Waals surface area contributed by atoms with Crippen molar-refractivity contribution >= 4 is 29.1 Å². The summed E-state index contributed by atoms with van der Waals surface area (Å²) < 4.78 is 0. The molecular weight excluding hydrogens is 257 g/mol. The third-order valence-corrected chi connectivity index (χ3v) is 4.37. The molecule has 0 saturated carbocycles. The van der Waals surface area contributed by atoms with E-state index in [-0.39, 0.29) is 11.8 Å². The maximum absolute atomic E-state index is 12.1. The highest BCUT2D eigenvalue weighted by Gasteiger charge is 2.30. The van der Waals surface area contributed by atoms with E-state index in [1.165, 1.54) is 0 Å². The highest BCUT2D eigenvalue weighted by atomic mass is 35.5. The molecule has 0 fully saturated rings. The number of nitrogens with one attached hydrogen (secondary N) is 1. The molecule has 0 aliphatic rings. The lowest BCUT2D eigenvalue weighted by Gasteiger charge is -2.31.